The number of hydrogen-bond acceptors (Lipinski definition) is 6. The third-order valence-electron chi connectivity index (χ3n) is 4.55. The van der Waals surface area contributed by atoms with Crippen LogP contribution in [-0.2, 0) is 6.54 Å². The second kappa shape index (κ2) is 7.94. The summed E-state index contributed by atoms with van der Waals surface area (Å²) in [5.41, 5.74) is 1.74. The van der Waals surface area contributed by atoms with E-state index >= 15 is 0 Å². The molecule has 4 rings (SSSR count). The topological polar surface area (TPSA) is 67.6 Å². The SMILES string of the molecule is COc1cccc(-c2csc(NC(=O)c3ccc(CN4CCCC4)o3)n2)c1. The van der Waals surface area contributed by atoms with Crippen LogP contribution in [0.4, 0.5) is 5.13 Å². The van der Waals surface area contributed by atoms with Crippen molar-refractivity contribution in [2.24, 2.45) is 0 Å². The van der Waals surface area contributed by atoms with Crippen molar-refractivity contribution in [3.63, 3.8) is 0 Å². The average molecular weight is 383 g/mol. The highest BCUT2D eigenvalue weighted by Crippen LogP contribution is 2.27. The average Bonchev–Trinajstić information content (AvgIpc) is 3.44. The Balaban J connectivity index is 1.41. The molecular formula is C20H21N3O3S. The Morgan fingerprint density at radius 3 is 2.96 bits per heavy atom. The van der Waals surface area contributed by atoms with E-state index in [1.165, 1.54) is 24.2 Å². The Kier molecular flexibility index (Phi) is 5.22. The van der Waals surface area contributed by atoms with Crippen LogP contribution in [0, 0.1) is 0 Å². The molecule has 0 aliphatic carbocycles. The third-order valence-corrected chi connectivity index (χ3v) is 5.31. The van der Waals surface area contributed by atoms with E-state index in [0.29, 0.717) is 10.9 Å². The molecule has 1 saturated heterocycles. The van der Waals surface area contributed by atoms with Gasteiger partial charge in [0.05, 0.1) is 19.3 Å². The summed E-state index contributed by atoms with van der Waals surface area (Å²) in [6, 6.07) is 11.3. The van der Waals surface area contributed by atoms with Crippen LogP contribution in [0.25, 0.3) is 11.3 Å². The Hall–Kier alpha value is -2.64. The summed E-state index contributed by atoms with van der Waals surface area (Å²) in [4.78, 5) is 19.3. The number of thiazole rings is 1. The van der Waals surface area contributed by atoms with Crippen LogP contribution in [0.15, 0.2) is 46.2 Å². The van der Waals surface area contributed by atoms with Gasteiger partial charge in [-0.2, -0.15) is 0 Å². The minimum atomic E-state index is -0.283. The zero-order valence-corrected chi connectivity index (χ0v) is 15.9. The first-order chi connectivity index (χ1) is 13.2. The molecule has 3 aromatic rings. The van der Waals surface area contributed by atoms with Crippen LogP contribution < -0.4 is 10.1 Å². The minimum absolute atomic E-state index is 0.283. The van der Waals surface area contributed by atoms with Crippen molar-refractivity contribution in [3.8, 4) is 17.0 Å². The first kappa shape index (κ1) is 17.8. The monoisotopic (exact) mass is 383 g/mol. The number of rotatable bonds is 6. The van der Waals surface area contributed by atoms with Crippen molar-refractivity contribution in [1.29, 1.82) is 0 Å². The summed E-state index contributed by atoms with van der Waals surface area (Å²) in [7, 11) is 1.63. The Morgan fingerprint density at radius 2 is 2.15 bits per heavy atom. The molecule has 0 bridgehead atoms. The fourth-order valence-electron chi connectivity index (χ4n) is 3.15. The lowest BCUT2D eigenvalue weighted by atomic mass is 10.2. The van der Waals surface area contributed by atoms with Crippen molar-refractivity contribution < 1.29 is 13.9 Å². The van der Waals surface area contributed by atoms with Gasteiger partial charge in [-0.1, -0.05) is 12.1 Å². The second-order valence-corrected chi connectivity index (χ2v) is 7.33. The first-order valence-corrected chi connectivity index (χ1v) is 9.81. The van der Waals surface area contributed by atoms with Crippen LogP contribution in [0.2, 0.25) is 0 Å². The summed E-state index contributed by atoms with van der Waals surface area (Å²) < 4.78 is 11.0. The standard InChI is InChI=1S/C20H21N3O3S/c1-25-15-6-4-5-14(11-15)17-13-27-20(21-17)22-19(24)18-8-7-16(26-18)12-23-9-2-3-10-23/h4-8,11,13H,2-3,9-10,12H2,1H3,(H,21,22,24). The van der Waals surface area contributed by atoms with Gasteiger partial charge in [-0.3, -0.25) is 15.0 Å². The van der Waals surface area contributed by atoms with Crippen molar-refractivity contribution in [1.82, 2.24) is 9.88 Å². The van der Waals surface area contributed by atoms with Crippen LogP contribution in [0.3, 0.4) is 0 Å². The molecule has 0 saturated carbocycles. The van der Waals surface area contributed by atoms with Gasteiger partial charge in [-0.05, 0) is 50.2 Å². The quantitative estimate of drug-likeness (QED) is 0.689. The van der Waals surface area contributed by atoms with Crippen molar-refractivity contribution in [2.75, 3.05) is 25.5 Å². The number of furan rings is 1. The van der Waals surface area contributed by atoms with Gasteiger partial charge < -0.3 is 9.15 Å². The molecule has 1 aromatic carbocycles. The summed E-state index contributed by atoms with van der Waals surface area (Å²) in [6.07, 6.45) is 2.46. The van der Waals surface area contributed by atoms with Crippen molar-refractivity contribution in [2.45, 2.75) is 19.4 Å². The molecular weight excluding hydrogens is 362 g/mol. The smallest absolute Gasteiger partial charge is 0.293 e. The molecule has 0 spiro atoms. The number of carbonyl (C=O) groups excluding carboxylic acids is 1. The summed E-state index contributed by atoms with van der Waals surface area (Å²) in [5, 5.41) is 5.26. The molecule has 27 heavy (non-hydrogen) atoms. The number of aromatic nitrogens is 1. The molecule has 1 fully saturated rings. The lowest BCUT2D eigenvalue weighted by molar-refractivity contribution is 0.0993. The minimum Gasteiger partial charge on any atom is -0.497 e. The van der Waals surface area contributed by atoms with E-state index in [-0.39, 0.29) is 5.91 Å². The van der Waals surface area contributed by atoms with Gasteiger partial charge >= 0.3 is 0 Å². The molecule has 0 unspecified atom stereocenters. The van der Waals surface area contributed by atoms with Gasteiger partial charge in [0.2, 0.25) is 0 Å². The maximum atomic E-state index is 12.4. The van der Waals surface area contributed by atoms with Crippen LogP contribution in [-0.4, -0.2) is 36.0 Å². The zero-order chi connectivity index (χ0) is 18.6. The van der Waals surface area contributed by atoms with E-state index in [2.05, 4.69) is 15.2 Å². The number of hydrogen-bond donors (Lipinski definition) is 1. The Morgan fingerprint density at radius 1 is 1.30 bits per heavy atom. The fourth-order valence-corrected chi connectivity index (χ4v) is 3.87. The molecule has 1 N–H and O–H groups in total. The summed E-state index contributed by atoms with van der Waals surface area (Å²) in [6.45, 7) is 2.94. The van der Waals surface area contributed by atoms with E-state index in [1.54, 1.807) is 13.2 Å². The third kappa shape index (κ3) is 4.20. The van der Waals surface area contributed by atoms with Crippen LogP contribution >= 0.6 is 11.3 Å². The van der Waals surface area contributed by atoms with Gasteiger partial charge in [0.15, 0.2) is 10.9 Å². The van der Waals surface area contributed by atoms with Gasteiger partial charge in [0.25, 0.3) is 5.91 Å². The predicted molar refractivity (Wildman–Crippen MR) is 105 cm³/mol. The lowest BCUT2D eigenvalue weighted by Gasteiger charge is -2.11. The molecule has 7 heteroatoms. The molecule has 0 atom stereocenters. The van der Waals surface area contributed by atoms with E-state index in [1.807, 2.05) is 35.7 Å². The molecule has 2 aromatic heterocycles. The highest BCUT2D eigenvalue weighted by molar-refractivity contribution is 7.14. The van der Waals surface area contributed by atoms with Crippen molar-refractivity contribution in [3.05, 3.63) is 53.3 Å². The number of nitrogens with zero attached hydrogens (tertiary/aromatic N) is 2. The number of nitrogens with one attached hydrogen (secondary N) is 1. The van der Waals surface area contributed by atoms with E-state index in [9.17, 15) is 4.79 Å². The molecule has 1 aliphatic rings. The molecule has 140 valence electrons. The van der Waals surface area contributed by atoms with Crippen LogP contribution in [0.1, 0.15) is 29.2 Å². The first-order valence-electron chi connectivity index (χ1n) is 8.93. The van der Waals surface area contributed by atoms with Gasteiger partial charge in [0.1, 0.15) is 11.5 Å². The highest BCUT2D eigenvalue weighted by atomic mass is 32.1. The number of ether oxygens (including phenoxy) is 1. The molecule has 1 amide bonds. The van der Waals surface area contributed by atoms with Gasteiger partial charge in [-0.25, -0.2) is 4.98 Å². The fraction of sp³-hybridized carbons (Fsp3) is 0.300. The highest BCUT2D eigenvalue weighted by Gasteiger charge is 2.17. The Bertz CT molecular complexity index is 928. The van der Waals surface area contributed by atoms with E-state index in [4.69, 9.17) is 9.15 Å². The molecule has 1 aliphatic heterocycles. The number of amides is 1. The van der Waals surface area contributed by atoms with Gasteiger partial charge in [-0.15, -0.1) is 11.3 Å². The van der Waals surface area contributed by atoms with Gasteiger partial charge in [0, 0.05) is 10.9 Å². The maximum absolute atomic E-state index is 12.4. The predicted octanol–water partition coefficient (Wildman–Crippen LogP) is 4.26. The number of methoxy groups -OCH3 is 1. The molecule has 0 radical (unpaired) electrons. The number of carbonyl (C=O) groups is 1. The number of likely N-dealkylation sites (tertiary alicyclic amines) is 1. The molecule has 3 heterocycles. The Labute approximate surface area is 161 Å². The maximum Gasteiger partial charge on any atom is 0.293 e. The summed E-state index contributed by atoms with van der Waals surface area (Å²) >= 11 is 1.38. The van der Waals surface area contributed by atoms with Crippen molar-refractivity contribution >= 4 is 22.4 Å². The summed E-state index contributed by atoms with van der Waals surface area (Å²) in [5.74, 6) is 1.61. The number of anilines is 1. The number of benzene rings is 1. The zero-order valence-electron chi connectivity index (χ0n) is 15.1. The lowest BCUT2D eigenvalue weighted by Crippen LogP contribution is -2.18. The molecule has 6 nitrogen and oxygen atoms in total. The van der Waals surface area contributed by atoms with Crippen LogP contribution in [0.5, 0.6) is 5.75 Å². The normalized spacial score (nSPS) is 14.4. The largest absolute Gasteiger partial charge is 0.497 e. The van der Waals surface area contributed by atoms with E-state index < -0.39 is 0 Å². The second-order valence-electron chi connectivity index (χ2n) is 6.47. The van der Waals surface area contributed by atoms with E-state index in [0.717, 1.165) is 42.4 Å².